The molecule has 1 aliphatic rings. The Morgan fingerprint density at radius 3 is 2.29 bits per heavy atom. The summed E-state index contributed by atoms with van der Waals surface area (Å²) in [5, 5.41) is 3.86. The highest BCUT2D eigenvalue weighted by molar-refractivity contribution is 5.89. The first kappa shape index (κ1) is 21.5. The Bertz CT molecular complexity index is 985. The number of pyridine rings is 2. The number of nitrogens with zero attached hydrogens (tertiary/aromatic N) is 4. The minimum Gasteiger partial charge on any atom is -0.368 e. The highest BCUT2D eigenvalue weighted by Gasteiger charge is 2.32. The van der Waals surface area contributed by atoms with Gasteiger partial charge in [-0.05, 0) is 30.2 Å². The van der Waals surface area contributed by atoms with Gasteiger partial charge in [0.15, 0.2) is 0 Å². The van der Waals surface area contributed by atoms with E-state index in [0.717, 1.165) is 51.8 Å². The minimum atomic E-state index is -4.45. The predicted octanol–water partition coefficient (Wildman–Crippen LogP) is 3.92. The average Bonchev–Trinajstić information content (AvgIpc) is 2.78. The van der Waals surface area contributed by atoms with Gasteiger partial charge < -0.3 is 10.2 Å². The molecule has 1 aliphatic heterocycles. The lowest BCUT2D eigenvalue weighted by molar-refractivity contribution is -0.140. The topological polar surface area (TPSA) is 44.3 Å². The van der Waals surface area contributed by atoms with E-state index in [4.69, 9.17) is 0 Å². The molecule has 0 spiro atoms. The van der Waals surface area contributed by atoms with Gasteiger partial charge >= 0.3 is 6.18 Å². The highest BCUT2D eigenvalue weighted by Crippen LogP contribution is 2.30. The number of hydrogen-bond donors (Lipinski definition) is 1. The SMILES string of the molecule is FC(F)(F)c1ccc2c(NCCN3CCN(CCc4ccccc4)CC3)nccc2n1. The molecule has 1 saturated heterocycles. The van der Waals surface area contributed by atoms with Crippen LogP contribution >= 0.6 is 0 Å². The zero-order valence-electron chi connectivity index (χ0n) is 17.3. The van der Waals surface area contributed by atoms with Crippen LogP contribution in [0.25, 0.3) is 10.9 Å². The van der Waals surface area contributed by atoms with Gasteiger partial charge in [-0.25, -0.2) is 9.97 Å². The number of aromatic nitrogens is 2. The number of alkyl halides is 3. The number of rotatable bonds is 7. The summed E-state index contributed by atoms with van der Waals surface area (Å²) in [5.41, 5.74) is 0.773. The van der Waals surface area contributed by atoms with E-state index in [2.05, 4.69) is 49.4 Å². The van der Waals surface area contributed by atoms with Crippen molar-refractivity contribution in [1.82, 2.24) is 19.8 Å². The average molecular weight is 429 g/mol. The van der Waals surface area contributed by atoms with Crippen LogP contribution in [0.3, 0.4) is 0 Å². The summed E-state index contributed by atoms with van der Waals surface area (Å²) < 4.78 is 38.7. The third kappa shape index (κ3) is 5.71. The highest BCUT2D eigenvalue weighted by atomic mass is 19.4. The van der Waals surface area contributed by atoms with E-state index in [0.29, 0.717) is 23.3 Å². The Balaban J connectivity index is 1.24. The van der Waals surface area contributed by atoms with E-state index in [9.17, 15) is 13.2 Å². The zero-order chi connectivity index (χ0) is 21.7. The summed E-state index contributed by atoms with van der Waals surface area (Å²) in [4.78, 5) is 12.9. The molecule has 8 heteroatoms. The Hall–Kier alpha value is -2.71. The second kappa shape index (κ2) is 9.62. The van der Waals surface area contributed by atoms with Crippen molar-refractivity contribution in [2.75, 3.05) is 51.1 Å². The standard InChI is InChI=1S/C23H26F3N5/c24-23(25,26)21-7-6-19-20(29-21)8-10-27-22(19)28-11-13-31-16-14-30(15-17-31)12-9-18-4-2-1-3-5-18/h1-8,10H,9,11-17H2,(H,27,28). The van der Waals surface area contributed by atoms with Gasteiger partial charge in [-0.2, -0.15) is 13.2 Å². The van der Waals surface area contributed by atoms with E-state index in [-0.39, 0.29) is 0 Å². The lowest BCUT2D eigenvalue weighted by atomic mass is 10.1. The van der Waals surface area contributed by atoms with Crippen molar-refractivity contribution in [3.63, 3.8) is 0 Å². The van der Waals surface area contributed by atoms with Crippen LogP contribution < -0.4 is 5.32 Å². The van der Waals surface area contributed by atoms with Gasteiger partial charge in [-0.15, -0.1) is 0 Å². The van der Waals surface area contributed by atoms with Crippen LogP contribution in [0.1, 0.15) is 11.3 Å². The van der Waals surface area contributed by atoms with Crippen molar-refractivity contribution in [1.29, 1.82) is 0 Å². The maximum absolute atomic E-state index is 12.9. The molecule has 1 aromatic carbocycles. The van der Waals surface area contributed by atoms with Crippen molar-refractivity contribution in [3.05, 3.63) is 66.0 Å². The van der Waals surface area contributed by atoms with E-state index in [1.54, 1.807) is 0 Å². The first-order chi connectivity index (χ1) is 15.0. The molecule has 164 valence electrons. The fraction of sp³-hybridized carbons (Fsp3) is 0.391. The van der Waals surface area contributed by atoms with Crippen LogP contribution in [0, 0.1) is 0 Å². The van der Waals surface area contributed by atoms with Gasteiger partial charge in [0.25, 0.3) is 0 Å². The van der Waals surface area contributed by atoms with E-state index < -0.39 is 11.9 Å². The van der Waals surface area contributed by atoms with Crippen molar-refractivity contribution in [2.45, 2.75) is 12.6 Å². The van der Waals surface area contributed by atoms with Crippen LogP contribution in [-0.4, -0.2) is 65.6 Å². The Morgan fingerprint density at radius 1 is 0.871 bits per heavy atom. The van der Waals surface area contributed by atoms with Crippen molar-refractivity contribution < 1.29 is 13.2 Å². The maximum atomic E-state index is 12.9. The lowest BCUT2D eigenvalue weighted by Crippen LogP contribution is -2.48. The maximum Gasteiger partial charge on any atom is 0.433 e. The van der Waals surface area contributed by atoms with Gasteiger partial charge in [0, 0.05) is 57.4 Å². The molecule has 0 amide bonds. The Morgan fingerprint density at radius 2 is 1.58 bits per heavy atom. The number of anilines is 1. The van der Waals surface area contributed by atoms with Gasteiger partial charge in [0.05, 0.1) is 5.52 Å². The van der Waals surface area contributed by atoms with E-state index in [1.807, 2.05) is 6.07 Å². The molecule has 0 unspecified atom stereocenters. The van der Waals surface area contributed by atoms with Gasteiger partial charge in [0.1, 0.15) is 11.5 Å². The first-order valence-electron chi connectivity index (χ1n) is 10.5. The molecule has 0 saturated carbocycles. The first-order valence-corrected chi connectivity index (χ1v) is 10.5. The second-order valence-corrected chi connectivity index (χ2v) is 7.77. The molecular weight excluding hydrogens is 403 g/mol. The number of piperazine rings is 1. The molecule has 0 aliphatic carbocycles. The normalized spacial score (nSPS) is 16.0. The third-order valence-corrected chi connectivity index (χ3v) is 5.65. The Labute approximate surface area is 179 Å². The summed E-state index contributed by atoms with van der Waals surface area (Å²) in [5.74, 6) is 0.570. The molecule has 2 aromatic heterocycles. The molecule has 3 aromatic rings. The van der Waals surface area contributed by atoms with Crippen molar-refractivity contribution in [3.8, 4) is 0 Å². The van der Waals surface area contributed by atoms with Crippen LogP contribution in [0.2, 0.25) is 0 Å². The van der Waals surface area contributed by atoms with Gasteiger partial charge in [-0.3, -0.25) is 4.90 Å². The predicted molar refractivity (Wildman–Crippen MR) is 116 cm³/mol. The van der Waals surface area contributed by atoms with Crippen LogP contribution in [0.5, 0.6) is 0 Å². The molecular formula is C23H26F3N5. The molecule has 1 fully saturated rings. The number of fused-ring (bicyclic) bond motifs is 1. The number of benzene rings is 1. The van der Waals surface area contributed by atoms with Crippen LogP contribution in [0.15, 0.2) is 54.7 Å². The number of nitrogens with one attached hydrogen (secondary N) is 1. The molecule has 31 heavy (non-hydrogen) atoms. The number of halogens is 3. The zero-order valence-corrected chi connectivity index (χ0v) is 17.3. The lowest BCUT2D eigenvalue weighted by Gasteiger charge is -2.34. The summed E-state index contributed by atoms with van der Waals surface area (Å²) in [6, 6.07) is 14.5. The molecule has 1 N–H and O–H groups in total. The van der Waals surface area contributed by atoms with Crippen LogP contribution in [0.4, 0.5) is 19.0 Å². The monoisotopic (exact) mass is 429 g/mol. The smallest absolute Gasteiger partial charge is 0.368 e. The molecule has 3 heterocycles. The molecule has 0 atom stereocenters. The summed E-state index contributed by atoms with van der Waals surface area (Å²) in [7, 11) is 0. The fourth-order valence-corrected chi connectivity index (χ4v) is 3.85. The Kier molecular flexibility index (Phi) is 6.67. The van der Waals surface area contributed by atoms with Gasteiger partial charge in [0.2, 0.25) is 0 Å². The largest absolute Gasteiger partial charge is 0.433 e. The summed E-state index contributed by atoms with van der Waals surface area (Å²) in [6.07, 6.45) is -1.89. The number of hydrogen-bond acceptors (Lipinski definition) is 5. The minimum absolute atomic E-state index is 0.291. The molecule has 0 bridgehead atoms. The second-order valence-electron chi connectivity index (χ2n) is 7.77. The van der Waals surface area contributed by atoms with Crippen LogP contribution in [-0.2, 0) is 12.6 Å². The van der Waals surface area contributed by atoms with E-state index in [1.165, 1.54) is 23.9 Å². The molecule has 0 radical (unpaired) electrons. The summed E-state index contributed by atoms with van der Waals surface area (Å²) in [6.45, 7) is 6.72. The molecule has 5 nitrogen and oxygen atoms in total. The quantitative estimate of drug-likeness (QED) is 0.617. The molecule has 4 rings (SSSR count). The van der Waals surface area contributed by atoms with Crippen molar-refractivity contribution in [2.24, 2.45) is 0 Å². The summed E-state index contributed by atoms with van der Waals surface area (Å²) >= 11 is 0. The van der Waals surface area contributed by atoms with Gasteiger partial charge in [-0.1, -0.05) is 30.3 Å². The third-order valence-electron chi connectivity index (χ3n) is 5.65. The fourth-order valence-electron chi connectivity index (χ4n) is 3.85. The van der Waals surface area contributed by atoms with Crippen molar-refractivity contribution >= 4 is 16.7 Å². The van der Waals surface area contributed by atoms with E-state index >= 15 is 0 Å².